The third-order valence-electron chi connectivity index (χ3n) is 2.40. The summed E-state index contributed by atoms with van der Waals surface area (Å²) in [6, 6.07) is 0. The van der Waals surface area contributed by atoms with E-state index in [1.54, 1.807) is 0 Å². The molecule has 0 saturated carbocycles. The van der Waals surface area contributed by atoms with Crippen molar-refractivity contribution in [1.29, 1.82) is 0 Å². The fraction of sp³-hybridized carbons (Fsp3) is 0.875. The molecule has 0 aromatic carbocycles. The lowest BCUT2D eigenvalue weighted by Gasteiger charge is -2.29. The van der Waals surface area contributed by atoms with Gasteiger partial charge in [-0.2, -0.15) is 0 Å². The molecule has 1 N–H and O–H groups in total. The Hall–Kier alpha value is -0.530. The smallest absolute Gasteiger partial charge is 0.207 e. The Bertz CT molecular complexity index is 89.2. The van der Waals surface area contributed by atoms with E-state index in [0.29, 0.717) is 0 Å². The minimum Gasteiger partial charge on any atom is -0.353 e. The van der Waals surface area contributed by atoms with Crippen molar-refractivity contribution in [3.8, 4) is 0 Å². The highest BCUT2D eigenvalue weighted by Crippen LogP contribution is 2.17. The maximum Gasteiger partial charge on any atom is 0.207 e. The zero-order valence-corrected chi connectivity index (χ0v) is 7.11. The van der Waals surface area contributed by atoms with E-state index in [-0.39, 0.29) is 5.54 Å². The van der Waals surface area contributed by atoms with Gasteiger partial charge < -0.3 is 5.32 Å². The molecule has 0 atom stereocenters. The van der Waals surface area contributed by atoms with E-state index in [1.165, 1.54) is 0 Å². The van der Waals surface area contributed by atoms with E-state index >= 15 is 0 Å². The monoisotopic (exact) mass is 143 g/mol. The first kappa shape index (κ1) is 9.47. The molecule has 0 heterocycles. The van der Waals surface area contributed by atoms with E-state index < -0.39 is 0 Å². The third kappa shape index (κ3) is 2.01. The van der Waals surface area contributed by atoms with Gasteiger partial charge in [-0.05, 0) is 19.3 Å². The minimum absolute atomic E-state index is 0.0573. The van der Waals surface area contributed by atoms with Crippen LogP contribution in [0.5, 0.6) is 0 Å². The van der Waals surface area contributed by atoms with Gasteiger partial charge in [-0.15, -0.1) is 0 Å². The van der Waals surface area contributed by atoms with Crippen molar-refractivity contribution in [1.82, 2.24) is 5.32 Å². The molecule has 0 aromatic rings. The first-order valence-corrected chi connectivity index (χ1v) is 3.96. The van der Waals surface area contributed by atoms with Crippen LogP contribution in [0.2, 0.25) is 0 Å². The number of rotatable bonds is 5. The van der Waals surface area contributed by atoms with Crippen LogP contribution in [0.25, 0.3) is 0 Å². The lowest BCUT2D eigenvalue weighted by molar-refractivity contribution is -0.111. The lowest BCUT2D eigenvalue weighted by atomic mass is 9.90. The first-order valence-electron chi connectivity index (χ1n) is 3.96. The van der Waals surface area contributed by atoms with Crippen LogP contribution in [0.15, 0.2) is 0 Å². The molecule has 0 aliphatic rings. The Labute approximate surface area is 63.0 Å². The fourth-order valence-corrected chi connectivity index (χ4v) is 1.18. The summed E-state index contributed by atoms with van der Waals surface area (Å²) in [7, 11) is 0. The van der Waals surface area contributed by atoms with E-state index in [4.69, 9.17) is 0 Å². The molecule has 0 bridgehead atoms. The molecular weight excluding hydrogens is 126 g/mol. The summed E-state index contributed by atoms with van der Waals surface area (Å²) >= 11 is 0. The number of carbonyl (C=O) groups excluding carboxylic acids is 1. The summed E-state index contributed by atoms with van der Waals surface area (Å²) in [6.45, 7) is 6.30. The predicted molar refractivity (Wildman–Crippen MR) is 42.8 cm³/mol. The first-order chi connectivity index (χ1) is 4.74. The topological polar surface area (TPSA) is 29.1 Å². The predicted octanol–water partition coefficient (Wildman–Crippen LogP) is 1.70. The summed E-state index contributed by atoms with van der Waals surface area (Å²) in [4.78, 5) is 10.2. The average Bonchev–Trinajstić information content (AvgIpc) is 2.01. The molecule has 0 fully saturated rings. The zero-order chi connectivity index (χ0) is 8.04. The molecule has 10 heavy (non-hydrogen) atoms. The van der Waals surface area contributed by atoms with Crippen LogP contribution in [0.4, 0.5) is 0 Å². The molecule has 0 unspecified atom stereocenters. The standard InChI is InChI=1S/C8H17NO/c1-4-8(5-2,6-3)9-7-10/h7H,4-6H2,1-3H3,(H,9,10). The van der Waals surface area contributed by atoms with E-state index in [2.05, 4.69) is 26.1 Å². The molecular formula is C8H17NO. The Morgan fingerprint density at radius 2 is 1.60 bits per heavy atom. The van der Waals surface area contributed by atoms with Gasteiger partial charge in [-0.3, -0.25) is 4.79 Å². The SMILES string of the molecule is CCC(CC)(CC)NC=O. The molecule has 0 spiro atoms. The second-order valence-electron chi connectivity index (χ2n) is 2.60. The Kier molecular flexibility index (Phi) is 4.08. The number of nitrogens with one attached hydrogen (secondary N) is 1. The van der Waals surface area contributed by atoms with Crippen LogP contribution in [0.1, 0.15) is 40.0 Å². The molecule has 2 heteroatoms. The summed E-state index contributed by atoms with van der Waals surface area (Å²) in [6.07, 6.45) is 3.84. The van der Waals surface area contributed by atoms with Crippen LogP contribution in [-0.4, -0.2) is 11.9 Å². The van der Waals surface area contributed by atoms with Crippen molar-refractivity contribution < 1.29 is 4.79 Å². The molecule has 60 valence electrons. The second kappa shape index (κ2) is 4.31. The van der Waals surface area contributed by atoms with Crippen LogP contribution in [-0.2, 0) is 4.79 Å². The summed E-state index contributed by atoms with van der Waals surface area (Å²) in [5.74, 6) is 0. The molecule has 0 aliphatic carbocycles. The Balaban J connectivity index is 4.00. The molecule has 0 radical (unpaired) electrons. The van der Waals surface area contributed by atoms with Gasteiger partial charge in [0.2, 0.25) is 6.41 Å². The van der Waals surface area contributed by atoms with Gasteiger partial charge in [0.05, 0.1) is 0 Å². The lowest BCUT2D eigenvalue weighted by Crippen LogP contribution is -2.42. The van der Waals surface area contributed by atoms with Crippen LogP contribution >= 0.6 is 0 Å². The summed E-state index contributed by atoms with van der Waals surface area (Å²) in [5, 5.41) is 2.86. The molecule has 0 rings (SSSR count). The maximum atomic E-state index is 10.2. The minimum atomic E-state index is 0.0573. The molecule has 2 nitrogen and oxygen atoms in total. The van der Waals surface area contributed by atoms with Gasteiger partial charge in [-0.1, -0.05) is 20.8 Å². The van der Waals surface area contributed by atoms with Crippen LogP contribution < -0.4 is 5.32 Å². The average molecular weight is 143 g/mol. The summed E-state index contributed by atoms with van der Waals surface area (Å²) in [5.41, 5.74) is 0.0573. The normalized spacial score (nSPS) is 11.1. The van der Waals surface area contributed by atoms with Gasteiger partial charge in [0.25, 0.3) is 0 Å². The van der Waals surface area contributed by atoms with Crippen molar-refractivity contribution in [3.05, 3.63) is 0 Å². The van der Waals surface area contributed by atoms with Gasteiger partial charge in [-0.25, -0.2) is 0 Å². The zero-order valence-electron chi connectivity index (χ0n) is 7.11. The quantitative estimate of drug-likeness (QED) is 0.583. The van der Waals surface area contributed by atoms with E-state index in [9.17, 15) is 4.79 Å². The molecule has 1 amide bonds. The number of amides is 1. The van der Waals surface area contributed by atoms with Crippen LogP contribution in [0, 0.1) is 0 Å². The second-order valence-corrected chi connectivity index (χ2v) is 2.60. The van der Waals surface area contributed by atoms with Gasteiger partial charge in [0.1, 0.15) is 0 Å². The van der Waals surface area contributed by atoms with Crippen molar-refractivity contribution in [2.24, 2.45) is 0 Å². The maximum absolute atomic E-state index is 10.2. The number of hydrogen-bond donors (Lipinski definition) is 1. The Morgan fingerprint density at radius 3 is 1.70 bits per heavy atom. The van der Waals surface area contributed by atoms with Crippen molar-refractivity contribution in [3.63, 3.8) is 0 Å². The third-order valence-corrected chi connectivity index (χ3v) is 2.40. The molecule has 0 saturated heterocycles. The Morgan fingerprint density at radius 1 is 1.20 bits per heavy atom. The highest BCUT2D eigenvalue weighted by atomic mass is 16.1. The van der Waals surface area contributed by atoms with E-state index in [1.807, 2.05) is 0 Å². The van der Waals surface area contributed by atoms with Crippen molar-refractivity contribution in [2.75, 3.05) is 0 Å². The number of carbonyl (C=O) groups is 1. The highest BCUT2D eigenvalue weighted by molar-refractivity contribution is 5.47. The summed E-state index contributed by atoms with van der Waals surface area (Å²) < 4.78 is 0. The van der Waals surface area contributed by atoms with Crippen LogP contribution in [0.3, 0.4) is 0 Å². The van der Waals surface area contributed by atoms with Crippen molar-refractivity contribution in [2.45, 2.75) is 45.6 Å². The largest absolute Gasteiger partial charge is 0.353 e. The molecule has 0 aromatic heterocycles. The van der Waals surface area contributed by atoms with Crippen molar-refractivity contribution >= 4 is 6.41 Å². The fourth-order valence-electron chi connectivity index (χ4n) is 1.18. The molecule has 0 aliphatic heterocycles. The van der Waals surface area contributed by atoms with E-state index in [0.717, 1.165) is 25.7 Å². The van der Waals surface area contributed by atoms with Gasteiger partial charge >= 0.3 is 0 Å². The van der Waals surface area contributed by atoms with Gasteiger partial charge in [0, 0.05) is 5.54 Å². The van der Waals surface area contributed by atoms with Gasteiger partial charge in [0.15, 0.2) is 0 Å². The highest BCUT2D eigenvalue weighted by Gasteiger charge is 2.21. The number of hydrogen-bond acceptors (Lipinski definition) is 1.